The number of anilines is 1. The number of aromatic nitrogens is 3. The van der Waals surface area contributed by atoms with Gasteiger partial charge in [0.25, 0.3) is 5.91 Å². The van der Waals surface area contributed by atoms with Crippen molar-refractivity contribution in [1.82, 2.24) is 14.8 Å². The topological polar surface area (TPSA) is 59.8 Å². The maximum Gasteiger partial charge on any atom is 0.274 e. The third-order valence-electron chi connectivity index (χ3n) is 3.14. The highest BCUT2D eigenvalue weighted by Crippen LogP contribution is 2.15. The van der Waals surface area contributed by atoms with Gasteiger partial charge >= 0.3 is 0 Å². The number of hydrogen-bond acceptors (Lipinski definition) is 3. The van der Waals surface area contributed by atoms with E-state index in [1.165, 1.54) is 0 Å². The van der Waals surface area contributed by atoms with Crippen LogP contribution in [0.2, 0.25) is 0 Å². The van der Waals surface area contributed by atoms with E-state index in [0.717, 1.165) is 16.9 Å². The monoisotopic (exact) mass is 278 g/mol. The molecule has 0 aliphatic heterocycles. The van der Waals surface area contributed by atoms with E-state index in [9.17, 15) is 4.79 Å². The second-order valence-electron chi connectivity index (χ2n) is 4.62. The minimum atomic E-state index is -0.238. The van der Waals surface area contributed by atoms with E-state index in [2.05, 4.69) is 15.4 Å². The summed E-state index contributed by atoms with van der Waals surface area (Å²) in [7, 11) is 0. The molecule has 0 spiro atoms. The molecule has 0 fully saturated rings. The first kappa shape index (κ1) is 13.1. The second kappa shape index (κ2) is 5.58. The molecule has 5 nitrogen and oxygen atoms in total. The highest BCUT2D eigenvalue weighted by atomic mass is 16.1. The highest BCUT2D eigenvalue weighted by Gasteiger charge is 2.10. The Morgan fingerprint density at radius 3 is 2.76 bits per heavy atom. The largest absolute Gasteiger partial charge is 0.320 e. The molecule has 2 heterocycles. The molecule has 0 aliphatic carbocycles. The third-order valence-corrected chi connectivity index (χ3v) is 3.14. The van der Waals surface area contributed by atoms with E-state index in [1.54, 1.807) is 29.2 Å². The number of para-hydroxylation sites is 1. The molecule has 1 amide bonds. The van der Waals surface area contributed by atoms with Crippen LogP contribution < -0.4 is 5.32 Å². The fourth-order valence-electron chi connectivity index (χ4n) is 2.01. The van der Waals surface area contributed by atoms with Crippen LogP contribution in [-0.4, -0.2) is 20.7 Å². The van der Waals surface area contributed by atoms with Crippen LogP contribution in [0.5, 0.6) is 0 Å². The summed E-state index contributed by atoms with van der Waals surface area (Å²) >= 11 is 0. The molecular formula is C16H14N4O. The van der Waals surface area contributed by atoms with Gasteiger partial charge in [0.2, 0.25) is 0 Å². The molecule has 3 rings (SSSR count). The molecule has 21 heavy (non-hydrogen) atoms. The number of benzene rings is 1. The number of hydrogen-bond donors (Lipinski definition) is 1. The van der Waals surface area contributed by atoms with Gasteiger partial charge in [0, 0.05) is 24.3 Å². The number of rotatable bonds is 3. The molecule has 3 aromatic rings. The molecule has 2 aromatic heterocycles. The van der Waals surface area contributed by atoms with E-state index in [4.69, 9.17) is 0 Å². The van der Waals surface area contributed by atoms with E-state index >= 15 is 0 Å². The summed E-state index contributed by atoms with van der Waals surface area (Å²) in [5, 5.41) is 7.01. The van der Waals surface area contributed by atoms with Crippen LogP contribution >= 0.6 is 0 Å². The van der Waals surface area contributed by atoms with Crippen molar-refractivity contribution in [3.05, 3.63) is 72.3 Å². The van der Waals surface area contributed by atoms with Crippen molar-refractivity contribution in [2.45, 2.75) is 6.92 Å². The Balaban J connectivity index is 1.85. The van der Waals surface area contributed by atoms with E-state index in [-0.39, 0.29) is 5.91 Å². The van der Waals surface area contributed by atoms with Gasteiger partial charge in [-0.3, -0.25) is 9.78 Å². The number of amides is 1. The number of carbonyl (C=O) groups excluding carboxylic acids is 1. The summed E-state index contributed by atoms with van der Waals surface area (Å²) in [5.41, 5.74) is 2.94. The Hall–Kier alpha value is -2.95. The standard InChI is InChI=1S/C16H14N4O/c1-12-5-2-3-6-14(12)19-16(21)15-11-13(7-9-17-15)20-10-4-8-18-20/h2-11H,1H3,(H,19,21). The molecular weight excluding hydrogens is 264 g/mol. The maximum absolute atomic E-state index is 12.3. The molecule has 0 unspecified atom stereocenters. The summed E-state index contributed by atoms with van der Waals surface area (Å²) in [5.74, 6) is -0.238. The smallest absolute Gasteiger partial charge is 0.274 e. The van der Waals surface area contributed by atoms with Crippen molar-refractivity contribution in [3.8, 4) is 5.69 Å². The Kier molecular flexibility index (Phi) is 3.47. The van der Waals surface area contributed by atoms with Crippen molar-refractivity contribution in [2.75, 3.05) is 5.32 Å². The summed E-state index contributed by atoms with van der Waals surface area (Å²) in [6.07, 6.45) is 5.11. The number of pyridine rings is 1. The number of nitrogens with zero attached hydrogens (tertiary/aromatic N) is 3. The lowest BCUT2D eigenvalue weighted by atomic mass is 10.2. The van der Waals surface area contributed by atoms with Gasteiger partial charge in [-0.15, -0.1) is 0 Å². The fraction of sp³-hybridized carbons (Fsp3) is 0.0625. The first-order valence-electron chi connectivity index (χ1n) is 6.57. The van der Waals surface area contributed by atoms with Gasteiger partial charge in [-0.05, 0) is 36.8 Å². The van der Waals surface area contributed by atoms with Crippen molar-refractivity contribution in [2.24, 2.45) is 0 Å². The van der Waals surface area contributed by atoms with Gasteiger partial charge in [-0.2, -0.15) is 5.10 Å². The summed E-state index contributed by atoms with van der Waals surface area (Å²) in [4.78, 5) is 16.4. The third kappa shape index (κ3) is 2.81. The molecule has 0 radical (unpaired) electrons. The number of carbonyl (C=O) groups is 1. The SMILES string of the molecule is Cc1ccccc1NC(=O)c1cc(-n2cccn2)ccn1. The normalized spacial score (nSPS) is 10.3. The van der Waals surface area contributed by atoms with E-state index < -0.39 is 0 Å². The number of nitrogens with one attached hydrogen (secondary N) is 1. The molecule has 0 saturated heterocycles. The first-order valence-corrected chi connectivity index (χ1v) is 6.57. The molecule has 0 saturated carbocycles. The van der Waals surface area contributed by atoms with Crippen LogP contribution in [0, 0.1) is 6.92 Å². The highest BCUT2D eigenvalue weighted by molar-refractivity contribution is 6.03. The van der Waals surface area contributed by atoms with Crippen LogP contribution in [0.1, 0.15) is 16.1 Å². The molecule has 5 heteroatoms. The van der Waals surface area contributed by atoms with Crippen molar-refractivity contribution in [1.29, 1.82) is 0 Å². The minimum Gasteiger partial charge on any atom is -0.320 e. The van der Waals surface area contributed by atoms with Gasteiger partial charge in [-0.25, -0.2) is 4.68 Å². The summed E-state index contributed by atoms with van der Waals surface area (Å²) in [6, 6.07) is 13.0. The van der Waals surface area contributed by atoms with E-state index in [1.807, 2.05) is 43.5 Å². The molecule has 0 bridgehead atoms. The quantitative estimate of drug-likeness (QED) is 0.801. The molecule has 0 aliphatic rings. The van der Waals surface area contributed by atoms with Crippen molar-refractivity contribution < 1.29 is 4.79 Å². The lowest BCUT2D eigenvalue weighted by Gasteiger charge is -2.08. The zero-order valence-electron chi connectivity index (χ0n) is 11.5. The van der Waals surface area contributed by atoms with Gasteiger partial charge < -0.3 is 5.32 Å². The minimum absolute atomic E-state index is 0.238. The Bertz CT molecular complexity index is 765. The average molecular weight is 278 g/mol. The van der Waals surface area contributed by atoms with Crippen molar-refractivity contribution >= 4 is 11.6 Å². The zero-order chi connectivity index (χ0) is 14.7. The van der Waals surface area contributed by atoms with Gasteiger partial charge in [0.1, 0.15) is 5.69 Å². The van der Waals surface area contributed by atoms with Gasteiger partial charge in [0.15, 0.2) is 0 Å². The van der Waals surface area contributed by atoms with Crippen LogP contribution in [0.15, 0.2) is 61.1 Å². The van der Waals surface area contributed by atoms with Gasteiger partial charge in [0.05, 0.1) is 5.69 Å². The summed E-state index contributed by atoms with van der Waals surface area (Å²) < 4.78 is 1.69. The zero-order valence-corrected chi connectivity index (χ0v) is 11.5. The predicted octanol–water partition coefficient (Wildman–Crippen LogP) is 2.83. The predicted molar refractivity (Wildman–Crippen MR) is 80.5 cm³/mol. The van der Waals surface area contributed by atoms with Crippen molar-refractivity contribution in [3.63, 3.8) is 0 Å². The molecule has 0 atom stereocenters. The Morgan fingerprint density at radius 1 is 1.14 bits per heavy atom. The Morgan fingerprint density at radius 2 is 2.00 bits per heavy atom. The van der Waals surface area contributed by atoms with Gasteiger partial charge in [-0.1, -0.05) is 18.2 Å². The number of aryl methyl sites for hydroxylation is 1. The lowest BCUT2D eigenvalue weighted by molar-refractivity contribution is 0.102. The lowest BCUT2D eigenvalue weighted by Crippen LogP contribution is -2.14. The molecule has 1 N–H and O–H groups in total. The first-order chi connectivity index (χ1) is 10.2. The molecule has 104 valence electrons. The Labute approximate surface area is 122 Å². The van der Waals surface area contributed by atoms with Crippen LogP contribution in [0.25, 0.3) is 5.69 Å². The van der Waals surface area contributed by atoms with Crippen LogP contribution in [-0.2, 0) is 0 Å². The maximum atomic E-state index is 12.3. The van der Waals surface area contributed by atoms with Crippen LogP contribution in [0.4, 0.5) is 5.69 Å². The second-order valence-corrected chi connectivity index (χ2v) is 4.62. The summed E-state index contributed by atoms with van der Waals surface area (Å²) in [6.45, 7) is 1.95. The van der Waals surface area contributed by atoms with E-state index in [0.29, 0.717) is 5.69 Å². The van der Waals surface area contributed by atoms with Crippen LogP contribution in [0.3, 0.4) is 0 Å². The average Bonchev–Trinajstić information content (AvgIpc) is 3.04. The fourth-order valence-corrected chi connectivity index (χ4v) is 2.01. The molecule has 1 aromatic carbocycles.